The van der Waals surface area contributed by atoms with Gasteiger partial charge in [0.2, 0.25) is 11.7 Å². The molecular weight excluding hydrogens is 290 g/mol. The summed E-state index contributed by atoms with van der Waals surface area (Å²) in [5.74, 6) is -0.904. The predicted octanol–water partition coefficient (Wildman–Crippen LogP) is 2.78. The predicted molar refractivity (Wildman–Crippen MR) is 77.5 cm³/mol. The first kappa shape index (κ1) is 13.9. The average Bonchev–Trinajstić information content (AvgIpc) is 3.12. The maximum absolute atomic E-state index is 12.3. The van der Waals surface area contributed by atoms with Crippen LogP contribution in [0.3, 0.4) is 0 Å². The van der Waals surface area contributed by atoms with Crippen molar-refractivity contribution in [2.24, 2.45) is 0 Å². The number of thiophene rings is 1. The summed E-state index contributed by atoms with van der Waals surface area (Å²) in [6.07, 6.45) is 2.93. The Morgan fingerprint density at radius 2 is 2.24 bits per heavy atom. The molecule has 1 unspecified atom stereocenters. The van der Waals surface area contributed by atoms with E-state index >= 15 is 0 Å². The van der Waals surface area contributed by atoms with E-state index in [1.807, 2.05) is 11.4 Å². The molecule has 2 aromatic rings. The SMILES string of the molecule is O=C(O)c1ccc(CNC(=O)C2CCCc3sccc32)o1. The fourth-order valence-corrected chi connectivity index (χ4v) is 3.63. The topological polar surface area (TPSA) is 79.5 Å². The molecule has 0 spiro atoms. The second-order valence-electron chi connectivity index (χ2n) is 5.03. The van der Waals surface area contributed by atoms with E-state index in [0.29, 0.717) is 5.76 Å². The summed E-state index contributed by atoms with van der Waals surface area (Å²) in [5, 5.41) is 13.6. The molecule has 21 heavy (non-hydrogen) atoms. The maximum atomic E-state index is 12.3. The van der Waals surface area contributed by atoms with Crippen LogP contribution in [-0.2, 0) is 17.8 Å². The Hall–Kier alpha value is -2.08. The van der Waals surface area contributed by atoms with Gasteiger partial charge in [0.25, 0.3) is 0 Å². The zero-order valence-electron chi connectivity index (χ0n) is 11.3. The Morgan fingerprint density at radius 1 is 1.38 bits per heavy atom. The number of nitrogens with one attached hydrogen (secondary N) is 1. The Morgan fingerprint density at radius 3 is 3.00 bits per heavy atom. The van der Waals surface area contributed by atoms with Crippen molar-refractivity contribution >= 4 is 23.2 Å². The lowest BCUT2D eigenvalue weighted by atomic mass is 9.87. The third kappa shape index (κ3) is 2.85. The molecule has 110 valence electrons. The summed E-state index contributed by atoms with van der Waals surface area (Å²) in [7, 11) is 0. The fourth-order valence-electron chi connectivity index (χ4n) is 2.64. The molecule has 2 N–H and O–H groups in total. The number of rotatable bonds is 4. The van der Waals surface area contributed by atoms with Crippen LogP contribution in [0.1, 0.15) is 45.5 Å². The number of hydrogen-bond acceptors (Lipinski definition) is 4. The normalized spacial score (nSPS) is 17.2. The molecule has 0 radical (unpaired) electrons. The van der Waals surface area contributed by atoms with Gasteiger partial charge < -0.3 is 14.8 Å². The lowest BCUT2D eigenvalue weighted by Crippen LogP contribution is -2.30. The zero-order chi connectivity index (χ0) is 14.8. The third-order valence-electron chi connectivity index (χ3n) is 3.68. The molecule has 0 aliphatic heterocycles. The van der Waals surface area contributed by atoms with Crippen molar-refractivity contribution in [3.05, 3.63) is 45.5 Å². The first-order valence-electron chi connectivity index (χ1n) is 6.81. The number of furan rings is 1. The number of carboxylic acids is 1. The smallest absolute Gasteiger partial charge is 0.371 e. The number of carboxylic acid groups (broad SMARTS) is 1. The molecule has 1 aliphatic rings. The number of amides is 1. The minimum absolute atomic E-state index is 0.0253. The van der Waals surface area contributed by atoms with Gasteiger partial charge in [-0.2, -0.15) is 0 Å². The second kappa shape index (κ2) is 5.73. The van der Waals surface area contributed by atoms with Gasteiger partial charge in [0.15, 0.2) is 0 Å². The van der Waals surface area contributed by atoms with Gasteiger partial charge in [0, 0.05) is 4.88 Å². The molecule has 0 saturated heterocycles. The van der Waals surface area contributed by atoms with Gasteiger partial charge in [-0.3, -0.25) is 4.79 Å². The van der Waals surface area contributed by atoms with Crippen molar-refractivity contribution < 1.29 is 19.1 Å². The molecule has 0 fully saturated rings. The lowest BCUT2D eigenvalue weighted by Gasteiger charge is -2.21. The minimum Gasteiger partial charge on any atom is -0.475 e. The first-order valence-corrected chi connectivity index (χ1v) is 7.69. The van der Waals surface area contributed by atoms with Crippen molar-refractivity contribution in [1.29, 1.82) is 0 Å². The van der Waals surface area contributed by atoms with Crippen LogP contribution in [0.2, 0.25) is 0 Å². The van der Waals surface area contributed by atoms with Gasteiger partial charge in [-0.15, -0.1) is 11.3 Å². The van der Waals surface area contributed by atoms with Gasteiger partial charge in [0.05, 0.1) is 12.5 Å². The molecule has 1 amide bonds. The van der Waals surface area contributed by atoms with Crippen LogP contribution in [0.25, 0.3) is 0 Å². The summed E-state index contributed by atoms with van der Waals surface area (Å²) in [6, 6.07) is 4.99. The highest BCUT2D eigenvalue weighted by Crippen LogP contribution is 2.35. The molecule has 2 aromatic heterocycles. The van der Waals surface area contributed by atoms with E-state index in [9.17, 15) is 9.59 Å². The van der Waals surface area contributed by atoms with Crippen molar-refractivity contribution in [3.63, 3.8) is 0 Å². The molecule has 1 aliphatic carbocycles. The first-order chi connectivity index (χ1) is 10.1. The Kier molecular flexibility index (Phi) is 3.79. The van der Waals surface area contributed by atoms with Crippen LogP contribution in [0.5, 0.6) is 0 Å². The van der Waals surface area contributed by atoms with Crippen LogP contribution >= 0.6 is 11.3 Å². The Bertz CT molecular complexity index is 673. The molecule has 0 aromatic carbocycles. The summed E-state index contributed by atoms with van der Waals surface area (Å²) in [5.41, 5.74) is 1.13. The van der Waals surface area contributed by atoms with Crippen LogP contribution in [0, 0.1) is 0 Å². The van der Waals surface area contributed by atoms with E-state index in [2.05, 4.69) is 5.32 Å². The largest absolute Gasteiger partial charge is 0.475 e. The molecule has 0 bridgehead atoms. The van der Waals surface area contributed by atoms with Crippen molar-refractivity contribution in [3.8, 4) is 0 Å². The van der Waals surface area contributed by atoms with Crippen LogP contribution in [0.15, 0.2) is 28.0 Å². The number of aryl methyl sites for hydroxylation is 1. The highest BCUT2D eigenvalue weighted by atomic mass is 32.1. The molecular formula is C15H15NO4S. The number of carbonyl (C=O) groups excluding carboxylic acids is 1. The summed E-state index contributed by atoms with van der Waals surface area (Å²) in [4.78, 5) is 24.3. The van der Waals surface area contributed by atoms with E-state index in [1.54, 1.807) is 17.4 Å². The summed E-state index contributed by atoms with van der Waals surface area (Å²) < 4.78 is 5.13. The molecule has 1 atom stereocenters. The van der Waals surface area contributed by atoms with Crippen LogP contribution in [-0.4, -0.2) is 17.0 Å². The standard InChI is InChI=1S/C15H15NO4S/c17-14(11-2-1-3-13-10(11)6-7-21-13)16-8-9-4-5-12(20-9)15(18)19/h4-7,11H,1-3,8H2,(H,16,17)(H,18,19). The van der Waals surface area contributed by atoms with E-state index < -0.39 is 5.97 Å². The van der Waals surface area contributed by atoms with Crippen LogP contribution < -0.4 is 5.32 Å². The number of carbonyl (C=O) groups is 2. The number of hydrogen-bond donors (Lipinski definition) is 2. The van der Waals surface area contributed by atoms with Gasteiger partial charge >= 0.3 is 5.97 Å². The van der Waals surface area contributed by atoms with Gasteiger partial charge in [0.1, 0.15) is 5.76 Å². The van der Waals surface area contributed by atoms with Crippen molar-refractivity contribution in [2.45, 2.75) is 31.7 Å². The number of fused-ring (bicyclic) bond motifs is 1. The molecule has 2 heterocycles. The third-order valence-corrected chi connectivity index (χ3v) is 4.67. The number of aromatic carboxylic acids is 1. The Labute approximate surface area is 125 Å². The Balaban J connectivity index is 1.63. The highest BCUT2D eigenvalue weighted by Gasteiger charge is 2.27. The molecule has 6 heteroatoms. The summed E-state index contributed by atoms with van der Waals surface area (Å²) in [6.45, 7) is 0.210. The average molecular weight is 305 g/mol. The fraction of sp³-hybridized carbons (Fsp3) is 0.333. The summed E-state index contributed by atoms with van der Waals surface area (Å²) >= 11 is 1.70. The van der Waals surface area contributed by atoms with Gasteiger partial charge in [-0.05, 0) is 48.4 Å². The maximum Gasteiger partial charge on any atom is 0.371 e. The van der Waals surface area contributed by atoms with Crippen molar-refractivity contribution in [2.75, 3.05) is 0 Å². The highest BCUT2D eigenvalue weighted by molar-refractivity contribution is 7.10. The van der Waals surface area contributed by atoms with Crippen molar-refractivity contribution in [1.82, 2.24) is 5.32 Å². The van der Waals surface area contributed by atoms with E-state index in [4.69, 9.17) is 9.52 Å². The quantitative estimate of drug-likeness (QED) is 0.910. The lowest BCUT2D eigenvalue weighted by molar-refractivity contribution is -0.123. The zero-order valence-corrected chi connectivity index (χ0v) is 12.1. The van der Waals surface area contributed by atoms with Crippen LogP contribution in [0.4, 0.5) is 0 Å². The van der Waals surface area contributed by atoms with E-state index in [0.717, 1.165) is 24.8 Å². The van der Waals surface area contributed by atoms with Gasteiger partial charge in [-0.25, -0.2) is 4.79 Å². The van der Waals surface area contributed by atoms with E-state index in [1.165, 1.54) is 10.9 Å². The molecule has 3 rings (SSSR count). The molecule has 0 saturated carbocycles. The minimum atomic E-state index is -1.11. The van der Waals surface area contributed by atoms with E-state index in [-0.39, 0.29) is 24.1 Å². The monoisotopic (exact) mass is 305 g/mol. The van der Waals surface area contributed by atoms with Gasteiger partial charge in [-0.1, -0.05) is 0 Å². The molecule has 5 nitrogen and oxygen atoms in total. The second-order valence-corrected chi connectivity index (χ2v) is 6.03.